The number of aromatic nitrogens is 1. The maximum Gasteiger partial charge on any atom is 0.218 e. The number of carbonyl (C=O) groups is 1. The number of halogens is 2. The highest BCUT2D eigenvalue weighted by Crippen LogP contribution is 2.43. The molecule has 0 saturated heterocycles. The zero-order chi connectivity index (χ0) is 17.3. The van der Waals surface area contributed by atoms with Crippen LogP contribution in [0.5, 0.6) is 5.75 Å². The summed E-state index contributed by atoms with van der Waals surface area (Å²) < 4.78 is 33.1. The lowest BCUT2D eigenvalue weighted by Crippen LogP contribution is -2.19. The summed E-state index contributed by atoms with van der Waals surface area (Å²) in [4.78, 5) is 16.7. The lowest BCUT2D eigenvalue weighted by atomic mass is 10.0. The zero-order valence-corrected chi connectivity index (χ0v) is 13.7. The molecule has 1 saturated carbocycles. The fourth-order valence-electron chi connectivity index (χ4n) is 2.64. The average molecular weight is 331 g/mol. The van der Waals surface area contributed by atoms with E-state index in [1.807, 2.05) is 13.8 Å². The van der Waals surface area contributed by atoms with E-state index >= 15 is 0 Å². The molecule has 0 bridgehead atoms. The Kier molecular flexibility index (Phi) is 4.35. The minimum atomic E-state index is -1.77. The van der Waals surface area contributed by atoms with Crippen molar-refractivity contribution in [2.75, 3.05) is 6.61 Å². The predicted octanol–water partition coefficient (Wildman–Crippen LogP) is 4.53. The first-order chi connectivity index (χ1) is 11.5. The molecule has 0 unspecified atom stereocenters. The fraction of sp³-hybridized carbons (Fsp3) is 0.368. The highest BCUT2D eigenvalue weighted by Gasteiger charge is 2.51. The first-order valence-electron chi connectivity index (χ1n) is 8.15. The number of benzene rings is 1. The Labute approximate surface area is 139 Å². The van der Waals surface area contributed by atoms with Gasteiger partial charge in [-0.2, -0.15) is 0 Å². The predicted molar refractivity (Wildman–Crippen MR) is 87.6 cm³/mol. The summed E-state index contributed by atoms with van der Waals surface area (Å²) in [6.45, 7) is 4.22. The molecule has 5 heteroatoms. The first-order valence-corrected chi connectivity index (χ1v) is 8.15. The molecule has 0 spiro atoms. The Morgan fingerprint density at radius 1 is 1.25 bits per heavy atom. The van der Waals surface area contributed by atoms with E-state index in [2.05, 4.69) is 4.98 Å². The highest BCUT2D eigenvalue weighted by atomic mass is 19.1. The average Bonchev–Trinajstić information content (AvgIpc) is 3.34. The maximum absolute atomic E-state index is 14.2. The van der Waals surface area contributed by atoms with Crippen LogP contribution in [-0.4, -0.2) is 23.0 Å². The molecular weight excluding hydrogens is 312 g/mol. The van der Waals surface area contributed by atoms with Gasteiger partial charge in [-0.25, -0.2) is 13.8 Å². The summed E-state index contributed by atoms with van der Waals surface area (Å²) in [5.41, 5.74) is 0.204. The van der Waals surface area contributed by atoms with Gasteiger partial charge in [0.1, 0.15) is 23.0 Å². The maximum atomic E-state index is 14.2. The van der Waals surface area contributed by atoms with Gasteiger partial charge in [-0.1, -0.05) is 6.92 Å². The van der Waals surface area contributed by atoms with Crippen molar-refractivity contribution < 1.29 is 18.3 Å². The minimum absolute atomic E-state index is 0.106. The van der Waals surface area contributed by atoms with Gasteiger partial charge in [-0.15, -0.1) is 0 Å². The number of ketones is 1. The lowest BCUT2D eigenvalue weighted by molar-refractivity contribution is 0.0845. The van der Waals surface area contributed by atoms with Crippen LogP contribution >= 0.6 is 0 Å². The van der Waals surface area contributed by atoms with Crippen LogP contribution in [0.4, 0.5) is 8.78 Å². The van der Waals surface area contributed by atoms with Gasteiger partial charge >= 0.3 is 0 Å². The molecule has 1 aliphatic rings. The third kappa shape index (κ3) is 3.03. The molecule has 0 atom stereocenters. The van der Waals surface area contributed by atoms with E-state index in [-0.39, 0.29) is 24.4 Å². The topological polar surface area (TPSA) is 39.2 Å². The normalized spacial score (nSPS) is 15.2. The summed E-state index contributed by atoms with van der Waals surface area (Å²) in [5.74, 6) is -0.379. The van der Waals surface area contributed by atoms with E-state index < -0.39 is 11.5 Å². The summed E-state index contributed by atoms with van der Waals surface area (Å²) in [7, 11) is 0. The van der Waals surface area contributed by atoms with E-state index in [0.717, 1.165) is 5.56 Å². The second-order valence-electron chi connectivity index (χ2n) is 5.93. The van der Waals surface area contributed by atoms with Gasteiger partial charge in [0.2, 0.25) is 5.78 Å². The van der Waals surface area contributed by atoms with E-state index in [4.69, 9.17) is 4.74 Å². The van der Waals surface area contributed by atoms with Gasteiger partial charge < -0.3 is 4.74 Å². The number of carbonyl (C=O) groups excluding carboxylic acids is 1. The number of hydrogen-bond acceptors (Lipinski definition) is 3. The number of hydrogen-bond donors (Lipinski definition) is 0. The Balaban J connectivity index is 2.15. The largest absolute Gasteiger partial charge is 0.491 e. The molecule has 0 N–H and O–H groups in total. The van der Waals surface area contributed by atoms with Crippen LogP contribution in [0.15, 0.2) is 30.3 Å². The number of ether oxygens (including phenoxy) is 1. The Bertz CT molecular complexity index is 768. The molecule has 1 aromatic carbocycles. The zero-order valence-electron chi connectivity index (χ0n) is 13.7. The molecule has 24 heavy (non-hydrogen) atoms. The van der Waals surface area contributed by atoms with Crippen molar-refractivity contribution in [1.29, 1.82) is 0 Å². The third-order valence-corrected chi connectivity index (χ3v) is 4.17. The highest BCUT2D eigenvalue weighted by molar-refractivity contribution is 6.03. The van der Waals surface area contributed by atoms with Crippen molar-refractivity contribution in [3.05, 3.63) is 47.4 Å². The van der Waals surface area contributed by atoms with Gasteiger partial charge in [0.15, 0.2) is 5.67 Å². The summed E-state index contributed by atoms with van der Waals surface area (Å²) in [6, 6.07) is 7.42. The number of pyridine rings is 1. The van der Waals surface area contributed by atoms with Gasteiger partial charge in [0.05, 0.1) is 6.61 Å². The van der Waals surface area contributed by atoms with Crippen LogP contribution in [0.1, 0.15) is 42.7 Å². The number of nitrogens with zero attached hydrogens (tertiary/aromatic N) is 1. The molecule has 0 amide bonds. The van der Waals surface area contributed by atoms with Gasteiger partial charge in [0, 0.05) is 5.56 Å². The van der Waals surface area contributed by atoms with Crippen molar-refractivity contribution in [3.63, 3.8) is 0 Å². The van der Waals surface area contributed by atoms with Crippen molar-refractivity contribution in [1.82, 2.24) is 4.98 Å². The smallest absolute Gasteiger partial charge is 0.218 e. The monoisotopic (exact) mass is 331 g/mol. The number of aryl methyl sites for hydroxylation is 1. The molecule has 0 radical (unpaired) electrons. The van der Waals surface area contributed by atoms with Crippen LogP contribution in [0.2, 0.25) is 0 Å². The lowest BCUT2D eigenvalue weighted by Gasteiger charge is -2.16. The van der Waals surface area contributed by atoms with Crippen LogP contribution in [-0.2, 0) is 6.42 Å². The van der Waals surface area contributed by atoms with E-state index in [1.165, 1.54) is 12.1 Å². The van der Waals surface area contributed by atoms with E-state index in [0.29, 0.717) is 30.0 Å². The SMILES string of the molecule is CCOc1c(CC)cc(C(=O)C2(F)CC2)nc1-c1ccc(F)cc1. The minimum Gasteiger partial charge on any atom is -0.491 e. The third-order valence-electron chi connectivity index (χ3n) is 4.17. The van der Waals surface area contributed by atoms with Crippen LogP contribution < -0.4 is 4.74 Å². The van der Waals surface area contributed by atoms with E-state index in [1.54, 1.807) is 18.2 Å². The van der Waals surface area contributed by atoms with Crippen molar-refractivity contribution >= 4 is 5.78 Å². The van der Waals surface area contributed by atoms with Crippen molar-refractivity contribution in [3.8, 4) is 17.0 Å². The van der Waals surface area contributed by atoms with Crippen LogP contribution in [0.25, 0.3) is 11.3 Å². The molecule has 1 fully saturated rings. The molecule has 2 aromatic rings. The first kappa shape index (κ1) is 16.6. The van der Waals surface area contributed by atoms with Gasteiger partial charge in [0.25, 0.3) is 0 Å². The number of Topliss-reactive ketones (excluding diaryl/α,β-unsaturated/α-hetero) is 1. The van der Waals surface area contributed by atoms with E-state index in [9.17, 15) is 13.6 Å². The summed E-state index contributed by atoms with van der Waals surface area (Å²) >= 11 is 0. The van der Waals surface area contributed by atoms with Crippen LogP contribution in [0.3, 0.4) is 0 Å². The molecule has 1 aromatic heterocycles. The van der Waals surface area contributed by atoms with Gasteiger partial charge in [-0.05, 0) is 62.1 Å². The molecule has 3 nitrogen and oxygen atoms in total. The number of rotatable bonds is 6. The fourth-order valence-corrected chi connectivity index (χ4v) is 2.64. The Morgan fingerprint density at radius 2 is 1.92 bits per heavy atom. The van der Waals surface area contributed by atoms with Crippen molar-refractivity contribution in [2.24, 2.45) is 0 Å². The van der Waals surface area contributed by atoms with Crippen LogP contribution in [0, 0.1) is 5.82 Å². The molecule has 126 valence electrons. The molecular formula is C19H19F2NO2. The molecule has 1 aliphatic carbocycles. The second kappa shape index (κ2) is 6.30. The molecule has 1 heterocycles. The number of alkyl halides is 1. The van der Waals surface area contributed by atoms with Crippen molar-refractivity contribution in [2.45, 2.75) is 38.8 Å². The quantitative estimate of drug-likeness (QED) is 0.730. The Morgan fingerprint density at radius 3 is 2.46 bits per heavy atom. The second-order valence-corrected chi connectivity index (χ2v) is 5.93. The molecule has 0 aliphatic heterocycles. The summed E-state index contributed by atoms with van der Waals surface area (Å²) in [5, 5.41) is 0. The standard InChI is InChI=1S/C19H19F2NO2/c1-3-12-11-15(18(23)19(21)9-10-19)22-16(17(12)24-4-2)13-5-7-14(20)8-6-13/h5-8,11H,3-4,9-10H2,1-2H3. The van der Waals surface area contributed by atoms with Gasteiger partial charge in [-0.3, -0.25) is 4.79 Å². The summed E-state index contributed by atoms with van der Waals surface area (Å²) in [6.07, 6.45) is 1.10. The molecule has 3 rings (SSSR count). The Hall–Kier alpha value is -2.30.